The fourth-order valence-electron chi connectivity index (χ4n) is 2.35. The summed E-state index contributed by atoms with van der Waals surface area (Å²) in [5.74, 6) is -1.60. The number of halogens is 2. The van der Waals surface area contributed by atoms with Crippen LogP contribution < -0.4 is 0 Å². The Morgan fingerprint density at radius 2 is 1.95 bits per heavy atom. The van der Waals surface area contributed by atoms with Crippen LogP contribution in [-0.2, 0) is 0 Å². The number of pyridine rings is 1. The van der Waals surface area contributed by atoms with Gasteiger partial charge in [0.15, 0.2) is 23.0 Å². The molecule has 0 aliphatic heterocycles. The highest BCUT2D eigenvalue weighted by Crippen LogP contribution is 2.35. The van der Waals surface area contributed by atoms with Crippen molar-refractivity contribution in [2.45, 2.75) is 0 Å². The first kappa shape index (κ1) is 12.6. The zero-order chi connectivity index (χ0) is 15.1. The van der Waals surface area contributed by atoms with Crippen molar-refractivity contribution in [1.29, 1.82) is 0 Å². The van der Waals surface area contributed by atoms with E-state index < -0.39 is 11.6 Å². The van der Waals surface area contributed by atoms with Gasteiger partial charge in [0.1, 0.15) is 5.69 Å². The molecule has 108 valence electrons. The van der Waals surface area contributed by atoms with E-state index in [-0.39, 0.29) is 11.3 Å². The van der Waals surface area contributed by atoms with E-state index in [4.69, 9.17) is 4.52 Å². The van der Waals surface area contributed by atoms with Crippen LogP contribution in [0.3, 0.4) is 0 Å². The summed E-state index contributed by atoms with van der Waals surface area (Å²) >= 11 is 0. The molecule has 0 spiro atoms. The van der Waals surface area contributed by atoms with Gasteiger partial charge in [-0.2, -0.15) is 5.10 Å². The lowest BCUT2D eigenvalue weighted by molar-refractivity contribution is 0.431. The number of rotatable bonds is 2. The van der Waals surface area contributed by atoms with E-state index in [9.17, 15) is 8.78 Å². The molecule has 0 bridgehead atoms. The van der Waals surface area contributed by atoms with Crippen LogP contribution in [0.5, 0.6) is 0 Å². The highest BCUT2D eigenvalue weighted by atomic mass is 19.2. The maximum absolute atomic E-state index is 14.0. The number of fused-ring (bicyclic) bond motifs is 1. The first-order chi connectivity index (χ1) is 10.8. The molecule has 1 N–H and O–H groups in total. The summed E-state index contributed by atoms with van der Waals surface area (Å²) in [7, 11) is 0. The maximum atomic E-state index is 14.0. The Morgan fingerprint density at radius 3 is 2.86 bits per heavy atom. The first-order valence-electron chi connectivity index (χ1n) is 6.44. The molecule has 4 rings (SSSR count). The van der Waals surface area contributed by atoms with Gasteiger partial charge in [-0.1, -0.05) is 17.3 Å². The van der Waals surface area contributed by atoms with E-state index in [1.807, 2.05) is 0 Å². The van der Waals surface area contributed by atoms with Crippen LogP contribution in [0.4, 0.5) is 8.78 Å². The number of hydrogen-bond acceptors (Lipinski definition) is 4. The van der Waals surface area contributed by atoms with Crippen molar-refractivity contribution in [3.63, 3.8) is 0 Å². The molecule has 0 saturated heterocycles. The molecular weight excluding hydrogens is 290 g/mol. The minimum absolute atomic E-state index is 0.0721. The van der Waals surface area contributed by atoms with Gasteiger partial charge in [0, 0.05) is 11.8 Å². The number of H-pyrrole nitrogens is 1. The molecular formula is C15H8F2N4O. The predicted octanol–water partition coefficient (Wildman–Crippen LogP) is 3.56. The van der Waals surface area contributed by atoms with Crippen molar-refractivity contribution in [3.8, 4) is 22.6 Å². The Hall–Kier alpha value is -3.09. The number of aromatic amines is 1. The number of nitrogens with one attached hydrogen (secondary N) is 1. The van der Waals surface area contributed by atoms with Crippen molar-refractivity contribution in [3.05, 3.63) is 54.4 Å². The number of aromatic nitrogens is 4. The van der Waals surface area contributed by atoms with Gasteiger partial charge in [-0.15, -0.1) is 0 Å². The van der Waals surface area contributed by atoms with Crippen LogP contribution >= 0.6 is 0 Å². The average molecular weight is 298 g/mol. The Labute approximate surface area is 122 Å². The fourth-order valence-corrected chi connectivity index (χ4v) is 2.35. The molecule has 0 radical (unpaired) electrons. The molecule has 7 heteroatoms. The molecule has 0 atom stereocenters. The molecule has 3 heterocycles. The van der Waals surface area contributed by atoms with Crippen LogP contribution in [0, 0.1) is 11.6 Å². The largest absolute Gasteiger partial charge is 0.354 e. The molecule has 0 aliphatic carbocycles. The van der Waals surface area contributed by atoms with E-state index >= 15 is 0 Å². The molecule has 0 aliphatic rings. The number of nitrogens with zero attached hydrogens (tertiary/aromatic N) is 3. The highest BCUT2D eigenvalue weighted by Gasteiger charge is 2.21. The van der Waals surface area contributed by atoms with Gasteiger partial charge in [0.2, 0.25) is 0 Å². The van der Waals surface area contributed by atoms with Gasteiger partial charge in [-0.3, -0.25) is 5.10 Å². The SMILES string of the molecule is Fc1cccc(-c2cnoc2-c2[nH]nc3ncccc23)c1F. The second-order valence-corrected chi connectivity index (χ2v) is 4.64. The van der Waals surface area contributed by atoms with Crippen molar-refractivity contribution in [2.24, 2.45) is 0 Å². The third-order valence-corrected chi connectivity index (χ3v) is 3.37. The van der Waals surface area contributed by atoms with Crippen molar-refractivity contribution < 1.29 is 13.3 Å². The lowest BCUT2D eigenvalue weighted by Crippen LogP contribution is -1.89. The number of hydrogen-bond donors (Lipinski definition) is 1. The maximum Gasteiger partial charge on any atom is 0.193 e. The Bertz CT molecular complexity index is 977. The van der Waals surface area contributed by atoms with Gasteiger partial charge in [0.05, 0.1) is 17.1 Å². The Morgan fingerprint density at radius 1 is 1.05 bits per heavy atom. The molecule has 0 amide bonds. The molecule has 4 aromatic rings. The third-order valence-electron chi connectivity index (χ3n) is 3.37. The molecule has 5 nitrogen and oxygen atoms in total. The second kappa shape index (κ2) is 4.73. The summed E-state index contributed by atoms with van der Waals surface area (Å²) in [6.45, 7) is 0. The minimum atomic E-state index is -0.950. The van der Waals surface area contributed by atoms with Crippen LogP contribution in [0.25, 0.3) is 33.6 Å². The van der Waals surface area contributed by atoms with Crippen LogP contribution in [0.2, 0.25) is 0 Å². The summed E-state index contributed by atoms with van der Waals surface area (Å²) < 4.78 is 32.7. The molecule has 0 saturated carbocycles. The predicted molar refractivity (Wildman–Crippen MR) is 74.7 cm³/mol. The van der Waals surface area contributed by atoms with E-state index in [1.165, 1.54) is 18.3 Å². The first-order valence-corrected chi connectivity index (χ1v) is 6.44. The summed E-state index contributed by atoms with van der Waals surface area (Å²) in [5.41, 5.74) is 1.42. The summed E-state index contributed by atoms with van der Waals surface area (Å²) in [4.78, 5) is 4.11. The summed E-state index contributed by atoms with van der Waals surface area (Å²) in [5, 5.41) is 11.3. The summed E-state index contributed by atoms with van der Waals surface area (Å²) in [6.07, 6.45) is 2.96. The van der Waals surface area contributed by atoms with Crippen LogP contribution in [0.1, 0.15) is 0 Å². The monoisotopic (exact) mass is 298 g/mol. The molecule has 1 aromatic carbocycles. The topological polar surface area (TPSA) is 67.6 Å². The van der Waals surface area contributed by atoms with Gasteiger partial charge in [-0.05, 0) is 18.2 Å². The van der Waals surface area contributed by atoms with Gasteiger partial charge >= 0.3 is 0 Å². The van der Waals surface area contributed by atoms with Gasteiger partial charge in [-0.25, -0.2) is 13.8 Å². The molecule has 3 aromatic heterocycles. The summed E-state index contributed by atoms with van der Waals surface area (Å²) in [6, 6.07) is 7.50. The smallest absolute Gasteiger partial charge is 0.193 e. The third kappa shape index (κ3) is 1.79. The number of benzene rings is 1. The van der Waals surface area contributed by atoms with E-state index in [2.05, 4.69) is 20.3 Å². The Kier molecular flexibility index (Phi) is 2.72. The zero-order valence-electron chi connectivity index (χ0n) is 11.0. The fraction of sp³-hybridized carbons (Fsp3) is 0. The zero-order valence-corrected chi connectivity index (χ0v) is 11.0. The van der Waals surface area contributed by atoms with Crippen LogP contribution in [0.15, 0.2) is 47.2 Å². The minimum Gasteiger partial charge on any atom is -0.354 e. The van der Waals surface area contributed by atoms with E-state index in [0.29, 0.717) is 22.3 Å². The van der Waals surface area contributed by atoms with Gasteiger partial charge < -0.3 is 4.52 Å². The highest BCUT2D eigenvalue weighted by molar-refractivity contribution is 5.93. The lowest BCUT2D eigenvalue weighted by atomic mass is 10.0. The van der Waals surface area contributed by atoms with E-state index in [1.54, 1.807) is 18.3 Å². The van der Waals surface area contributed by atoms with Crippen molar-refractivity contribution in [1.82, 2.24) is 20.3 Å². The van der Waals surface area contributed by atoms with Crippen LogP contribution in [-0.4, -0.2) is 20.3 Å². The molecule has 22 heavy (non-hydrogen) atoms. The quantitative estimate of drug-likeness (QED) is 0.614. The molecule has 0 fully saturated rings. The van der Waals surface area contributed by atoms with Gasteiger partial charge in [0.25, 0.3) is 0 Å². The van der Waals surface area contributed by atoms with Crippen molar-refractivity contribution >= 4 is 11.0 Å². The van der Waals surface area contributed by atoms with E-state index in [0.717, 1.165) is 6.07 Å². The normalized spacial score (nSPS) is 11.2. The standard InChI is InChI=1S/C15H8F2N4O/c16-11-5-1-3-8(12(11)17)10-7-19-22-14(10)13-9-4-2-6-18-15(9)21-20-13/h1-7H,(H,18,20,21). The Balaban J connectivity index is 1.96. The second-order valence-electron chi connectivity index (χ2n) is 4.64. The lowest BCUT2D eigenvalue weighted by Gasteiger charge is -2.02. The average Bonchev–Trinajstić information content (AvgIpc) is 3.16. The van der Waals surface area contributed by atoms with Crippen molar-refractivity contribution in [2.75, 3.05) is 0 Å². The molecule has 0 unspecified atom stereocenters.